The minimum atomic E-state index is -0.394. The van der Waals surface area contributed by atoms with Gasteiger partial charge in [0, 0.05) is 11.1 Å². The standard InChI is InChI=1S/C12H7ClFNO/c13-12-6-8(7-16)5-11(15-12)9-3-1-2-4-10(9)14/h1-7H. The minimum Gasteiger partial charge on any atom is -0.298 e. The number of nitrogens with zero attached hydrogens (tertiary/aromatic N) is 1. The van der Waals surface area contributed by atoms with E-state index in [-0.39, 0.29) is 5.15 Å². The molecular formula is C12H7ClFNO. The van der Waals surface area contributed by atoms with Gasteiger partial charge in [-0.15, -0.1) is 0 Å². The van der Waals surface area contributed by atoms with Crippen LogP contribution >= 0.6 is 11.6 Å². The van der Waals surface area contributed by atoms with Crippen LogP contribution in [-0.4, -0.2) is 11.3 Å². The molecule has 2 rings (SSSR count). The molecule has 0 aliphatic carbocycles. The topological polar surface area (TPSA) is 30.0 Å². The van der Waals surface area contributed by atoms with Crippen molar-refractivity contribution in [1.29, 1.82) is 0 Å². The average molecular weight is 236 g/mol. The van der Waals surface area contributed by atoms with Gasteiger partial charge in [0.1, 0.15) is 17.3 Å². The molecule has 1 heterocycles. The maximum atomic E-state index is 13.5. The first-order valence-corrected chi connectivity index (χ1v) is 4.96. The molecule has 0 radical (unpaired) electrons. The van der Waals surface area contributed by atoms with Crippen LogP contribution in [0.2, 0.25) is 5.15 Å². The summed E-state index contributed by atoms with van der Waals surface area (Å²) in [5.41, 5.74) is 1.05. The van der Waals surface area contributed by atoms with Gasteiger partial charge in [0.2, 0.25) is 0 Å². The first kappa shape index (κ1) is 10.8. The monoisotopic (exact) mass is 235 g/mol. The molecule has 0 saturated carbocycles. The summed E-state index contributed by atoms with van der Waals surface area (Å²) in [5, 5.41) is 0.169. The number of hydrogen-bond donors (Lipinski definition) is 0. The number of pyridine rings is 1. The number of aromatic nitrogens is 1. The third kappa shape index (κ3) is 2.09. The summed E-state index contributed by atoms with van der Waals surface area (Å²) in [6.07, 6.45) is 0.651. The van der Waals surface area contributed by atoms with E-state index in [1.54, 1.807) is 18.2 Å². The average Bonchev–Trinajstić information content (AvgIpc) is 2.28. The van der Waals surface area contributed by atoms with Crippen LogP contribution in [0.15, 0.2) is 36.4 Å². The molecule has 0 fully saturated rings. The molecule has 0 spiro atoms. The Morgan fingerprint density at radius 2 is 2.00 bits per heavy atom. The fourth-order valence-electron chi connectivity index (χ4n) is 1.39. The second kappa shape index (κ2) is 4.41. The first-order valence-electron chi connectivity index (χ1n) is 4.58. The molecule has 80 valence electrons. The van der Waals surface area contributed by atoms with Crippen molar-refractivity contribution in [3.05, 3.63) is 52.9 Å². The summed E-state index contributed by atoms with van der Waals surface area (Å²) in [5.74, 6) is -0.394. The van der Waals surface area contributed by atoms with Crippen LogP contribution in [0.25, 0.3) is 11.3 Å². The zero-order chi connectivity index (χ0) is 11.5. The zero-order valence-electron chi connectivity index (χ0n) is 8.15. The van der Waals surface area contributed by atoms with Crippen LogP contribution in [0, 0.1) is 5.82 Å². The van der Waals surface area contributed by atoms with Crippen LogP contribution in [0.5, 0.6) is 0 Å². The van der Waals surface area contributed by atoms with Gasteiger partial charge in [-0.25, -0.2) is 9.37 Å². The van der Waals surface area contributed by atoms with Gasteiger partial charge >= 0.3 is 0 Å². The highest BCUT2D eigenvalue weighted by Crippen LogP contribution is 2.23. The maximum absolute atomic E-state index is 13.5. The van der Waals surface area contributed by atoms with Gasteiger partial charge in [-0.1, -0.05) is 23.7 Å². The Balaban J connectivity index is 2.60. The van der Waals surface area contributed by atoms with Gasteiger partial charge in [-0.3, -0.25) is 4.79 Å². The molecule has 1 aromatic heterocycles. The molecule has 0 aliphatic rings. The van der Waals surface area contributed by atoms with E-state index in [2.05, 4.69) is 4.98 Å². The number of hydrogen-bond acceptors (Lipinski definition) is 2. The lowest BCUT2D eigenvalue weighted by Crippen LogP contribution is -1.91. The fourth-order valence-corrected chi connectivity index (χ4v) is 1.61. The Bertz CT molecular complexity index is 542. The Kier molecular flexibility index (Phi) is 2.97. The van der Waals surface area contributed by atoms with Crippen LogP contribution in [-0.2, 0) is 0 Å². The van der Waals surface area contributed by atoms with Crippen molar-refractivity contribution >= 4 is 17.9 Å². The van der Waals surface area contributed by atoms with Gasteiger partial charge in [-0.2, -0.15) is 0 Å². The fraction of sp³-hybridized carbons (Fsp3) is 0. The largest absolute Gasteiger partial charge is 0.298 e. The number of carbonyl (C=O) groups is 1. The summed E-state index contributed by atoms with van der Waals surface area (Å²) in [7, 11) is 0. The predicted molar refractivity (Wildman–Crippen MR) is 60.0 cm³/mol. The molecule has 0 bridgehead atoms. The van der Waals surface area contributed by atoms with E-state index in [1.165, 1.54) is 18.2 Å². The molecule has 16 heavy (non-hydrogen) atoms. The Morgan fingerprint density at radius 1 is 1.25 bits per heavy atom. The van der Waals surface area contributed by atoms with E-state index in [1.807, 2.05) is 0 Å². The lowest BCUT2D eigenvalue weighted by molar-refractivity contribution is 0.112. The number of benzene rings is 1. The number of halogens is 2. The summed E-state index contributed by atoms with van der Waals surface area (Å²) in [4.78, 5) is 14.6. The van der Waals surface area contributed by atoms with Gasteiger partial charge in [-0.05, 0) is 24.3 Å². The van der Waals surface area contributed by atoms with E-state index >= 15 is 0 Å². The van der Waals surface area contributed by atoms with Gasteiger partial charge in [0.25, 0.3) is 0 Å². The molecule has 0 aliphatic heterocycles. The van der Waals surface area contributed by atoms with E-state index in [4.69, 9.17) is 11.6 Å². The molecule has 2 aromatic rings. The van der Waals surface area contributed by atoms with E-state index in [0.717, 1.165) is 0 Å². The summed E-state index contributed by atoms with van der Waals surface area (Å²) >= 11 is 5.74. The minimum absolute atomic E-state index is 0.169. The summed E-state index contributed by atoms with van der Waals surface area (Å²) in [6.45, 7) is 0. The smallest absolute Gasteiger partial charge is 0.150 e. The van der Waals surface area contributed by atoms with E-state index < -0.39 is 5.82 Å². The van der Waals surface area contributed by atoms with Crippen molar-refractivity contribution in [2.45, 2.75) is 0 Å². The van der Waals surface area contributed by atoms with Gasteiger partial charge < -0.3 is 0 Å². The molecule has 0 N–H and O–H groups in total. The third-order valence-electron chi connectivity index (χ3n) is 2.10. The maximum Gasteiger partial charge on any atom is 0.150 e. The van der Waals surface area contributed by atoms with E-state index in [9.17, 15) is 9.18 Å². The second-order valence-corrected chi connectivity index (χ2v) is 3.59. The Labute approximate surface area is 96.7 Å². The first-order chi connectivity index (χ1) is 7.70. The molecule has 0 atom stereocenters. The normalized spacial score (nSPS) is 10.1. The summed E-state index contributed by atoms with van der Waals surface area (Å²) < 4.78 is 13.5. The molecule has 0 amide bonds. The number of carbonyl (C=O) groups excluding carboxylic acids is 1. The van der Waals surface area contributed by atoms with Gasteiger partial charge in [0.05, 0.1) is 5.69 Å². The Morgan fingerprint density at radius 3 is 2.69 bits per heavy atom. The Hall–Kier alpha value is -1.74. The number of rotatable bonds is 2. The molecule has 0 unspecified atom stereocenters. The van der Waals surface area contributed by atoms with Crippen molar-refractivity contribution in [2.24, 2.45) is 0 Å². The predicted octanol–water partition coefficient (Wildman–Crippen LogP) is 3.35. The lowest BCUT2D eigenvalue weighted by Gasteiger charge is -2.03. The molecule has 4 heteroatoms. The van der Waals surface area contributed by atoms with Crippen molar-refractivity contribution in [3.8, 4) is 11.3 Å². The molecule has 0 saturated heterocycles. The van der Waals surface area contributed by atoms with E-state index in [0.29, 0.717) is 23.1 Å². The lowest BCUT2D eigenvalue weighted by atomic mass is 10.1. The third-order valence-corrected chi connectivity index (χ3v) is 2.30. The van der Waals surface area contributed by atoms with Crippen LogP contribution < -0.4 is 0 Å². The molecule has 1 aromatic carbocycles. The highest BCUT2D eigenvalue weighted by molar-refractivity contribution is 6.29. The van der Waals surface area contributed by atoms with Crippen LogP contribution in [0.3, 0.4) is 0 Å². The molecular weight excluding hydrogens is 229 g/mol. The molecule has 2 nitrogen and oxygen atoms in total. The highest BCUT2D eigenvalue weighted by Gasteiger charge is 2.07. The van der Waals surface area contributed by atoms with Crippen molar-refractivity contribution in [1.82, 2.24) is 4.98 Å². The highest BCUT2D eigenvalue weighted by atomic mass is 35.5. The van der Waals surface area contributed by atoms with Crippen molar-refractivity contribution in [3.63, 3.8) is 0 Å². The number of aldehydes is 1. The second-order valence-electron chi connectivity index (χ2n) is 3.21. The van der Waals surface area contributed by atoms with Crippen molar-refractivity contribution in [2.75, 3.05) is 0 Å². The quantitative estimate of drug-likeness (QED) is 0.590. The van der Waals surface area contributed by atoms with Crippen molar-refractivity contribution < 1.29 is 9.18 Å². The summed E-state index contributed by atoms with van der Waals surface area (Å²) in [6, 6.07) is 9.13. The van der Waals surface area contributed by atoms with Crippen LogP contribution in [0.1, 0.15) is 10.4 Å². The zero-order valence-corrected chi connectivity index (χ0v) is 8.91. The SMILES string of the molecule is O=Cc1cc(Cl)nc(-c2ccccc2F)c1. The van der Waals surface area contributed by atoms with Gasteiger partial charge in [0.15, 0.2) is 0 Å². The van der Waals surface area contributed by atoms with Crippen LogP contribution in [0.4, 0.5) is 4.39 Å².